The van der Waals surface area contributed by atoms with Gasteiger partial charge in [0.15, 0.2) is 0 Å². The van der Waals surface area contributed by atoms with Crippen LogP contribution in [0.3, 0.4) is 0 Å². The zero-order valence-corrected chi connectivity index (χ0v) is 22.8. The fraction of sp³-hybridized carbons (Fsp3) is 0.500. The molecule has 1 aliphatic heterocycles. The van der Waals surface area contributed by atoms with E-state index in [4.69, 9.17) is 26.0 Å². The number of carbonyl (C=O) groups is 1. The molecule has 3 rings (SSSR count). The minimum atomic E-state index is -4.18. The summed E-state index contributed by atoms with van der Waals surface area (Å²) in [6, 6.07) is 4.80. The molecule has 38 heavy (non-hydrogen) atoms. The molecule has 1 aliphatic carbocycles. The SMILES string of the molecule is CC(=N)N1CCC(OC2=CCC(C)(C(=O)NCCOc3cc(C(=N)N)ccc3CCP(=O)(O)O)C=C2)CC1. The molecule has 208 valence electrons. The average molecular weight is 548 g/mol. The smallest absolute Gasteiger partial charge is 0.325 e. The summed E-state index contributed by atoms with van der Waals surface area (Å²) in [6.07, 6.45) is 7.72. The number of ether oxygens (including phenoxy) is 2. The molecule has 1 aromatic carbocycles. The van der Waals surface area contributed by atoms with E-state index in [-0.39, 0.29) is 43.6 Å². The Balaban J connectivity index is 1.48. The Hall–Kier alpha value is -3.14. The second kappa shape index (κ2) is 12.6. The van der Waals surface area contributed by atoms with Gasteiger partial charge in [-0.1, -0.05) is 18.2 Å². The molecule has 1 amide bonds. The Kier molecular flexibility index (Phi) is 9.76. The summed E-state index contributed by atoms with van der Waals surface area (Å²) in [4.78, 5) is 33.4. The molecule has 0 radical (unpaired) electrons. The van der Waals surface area contributed by atoms with E-state index >= 15 is 0 Å². The highest BCUT2D eigenvalue weighted by atomic mass is 31.2. The van der Waals surface area contributed by atoms with Crippen LogP contribution in [0.15, 0.2) is 42.2 Å². The van der Waals surface area contributed by atoms with Gasteiger partial charge < -0.3 is 35.2 Å². The third-order valence-corrected chi connectivity index (χ3v) is 7.58. The van der Waals surface area contributed by atoms with E-state index in [2.05, 4.69) is 5.32 Å². The van der Waals surface area contributed by atoms with Gasteiger partial charge in [-0.05, 0) is 50.5 Å². The van der Waals surface area contributed by atoms with Crippen LogP contribution in [0.4, 0.5) is 0 Å². The van der Waals surface area contributed by atoms with E-state index < -0.39 is 13.0 Å². The second-order valence-electron chi connectivity index (χ2n) is 9.93. The van der Waals surface area contributed by atoms with Crippen molar-refractivity contribution >= 4 is 25.2 Å². The molecule has 1 aromatic rings. The Bertz CT molecular complexity index is 1150. The first-order valence-electron chi connectivity index (χ1n) is 12.7. The molecule has 11 nitrogen and oxygen atoms in total. The molecular formula is C26H38N5O6P. The maximum atomic E-state index is 12.9. The van der Waals surface area contributed by atoms with Gasteiger partial charge in [0.05, 0.1) is 24.0 Å². The minimum absolute atomic E-state index is 0.102. The lowest BCUT2D eigenvalue weighted by Gasteiger charge is -2.34. The molecule has 1 saturated heterocycles. The van der Waals surface area contributed by atoms with Gasteiger partial charge in [-0.3, -0.25) is 20.2 Å². The van der Waals surface area contributed by atoms with Gasteiger partial charge in [0.2, 0.25) is 5.91 Å². The number of nitrogen functional groups attached to an aromatic ring is 1. The number of rotatable bonds is 11. The summed E-state index contributed by atoms with van der Waals surface area (Å²) >= 11 is 0. The van der Waals surface area contributed by atoms with Gasteiger partial charge in [-0.25, -0.2) is 0 Å². The fourth-order valence-electron chi connectivity index (χ4n) is 4.33. The summed E-state index contributed by atoms with van der Waals surface area (Å²) in [5.74, 6) is 1.41. The van der Waals surface area contributed by atoms with E-state index in [1.54, 1.807) is 25.1 Å². The normalized spacial score (nSPS) is 20.0. The number of likely N-dealkylation sites (tertiary alicyclic amines) is 1. The number of nitrogens with zero attached hydrogens (tertiary/aromatic N) is 1. The van der Waals surface area contributed by atoms with E-state index in [1.807, 2.05) is 30.1 Å². The number of aryl methyl sites for hydroxylation is 1. The van der Waals surface area contributed by atoms with Gasteiger partial charge in [0.25, 0.3) is 0 Å². The van der Waals surface area contributed by atoms with Crippen LogP contribution in [0.1, 0.15) is 44.2 Å². The number of nitrogens with one attached hydrogen (secondary N) is 3. The highest BCUT2D eigenvalue weighted by molar-refractivity contribution is 7.51. The Labute approximate surface area is 223 Å². The number of nitrogens with two attached hydrogens (primary N) is 1. The van der Waals surface area contributed by atoms with Gasteiger partial charge in [-0.2, -0.15) is 0 Å². The van der Waals surface area contributed by atoms with E-state index in [0.29, 0.717) is 29.1 Å². The maximum absolute atomic E-state index is 12.9. The van der Waals surface area contributed by atoms with Crippen LogP contribution in [0.5, 0.6) is 5.75 Å². The molecule has 1 fully saturated rings. The second-order valence-corrected chi connectivity index (χ2v) is 11.7. The van der Waals surface area contributed by atoms with Crippen molar-refractivity contribution in [1.29, 1.82) is 10.8 Å². The third kappa shape index (κ3) is 8.44. The molecule has 0 bridgehead atoms. The van der Waals surface area contributed by atoms with Gasteiger partial charge in [0, 0.05) is 31.5 Å². The topological polar surface area (TPSA) is 182 Å². The van der Waals surface area contributed by atoms with Crippen molar-refractivity contribution in [3.8, 4) is 5.75 Å². The summed E-state index contributed by atoms with van der Waals surface area (Å²) in [5, 5.41) is 18.3. The van der Waals surface area contributed by atoms with Crippen molar-refractivity contribution in [3.05, 3.63) is 53.3 Å². The number of benzene rings is 1. The standard InChI is InChI=1S/C26H38N5O6P/c1-18(27)31-13-7-22(8-14-31)37-21-5-10-26(2,11-6-21)25(32)30-12-15-36-23-17-20(24(28)29)4-3-19(23)9-16-38(33,34)35/h3-6,10,17,22,27H,7-9,11-16H2,1-2H3,(H3,28,29)(H,30,32)(H2,33,34,35). The molecule has 1 heterocycles. The predicted molar refractivity (Wildman–Crippen MR) is 146 cm³/mol. The number of amides is 1. The lowest BCUT2D eigenvalue weighted by Crippen LogP contribution is -2.40. The van der Waals surface area contributed by atoms with Gasteiger partial charge in [0.1, 0.15) is 30.1 Å². The largest absolute Gasteiger partial charge is 0.491 e. The summed E-state index contributed by atoms with van der Waals surface area (Å²) in [7, 11) is -4.18. The molecule has 7 N–H and O–H groups in total. The highest BCUT2D eigenvalue weighted by Gasteiger charge is 2.32. The zero-order valence-electron chi connectivity index (χ0n) is 21.9. The van der Waals surface area contributed by atoms with Crippen LogP contribution in [-0.4, -0.2) is 70.8 Å². The van der Waals surface area contributed by atoms with Crippen molar-refractivity contribution in [2.45, 2.75) is 45.6 Å². The number of hydrogen-bond donors (Lipinski definition) is 6. The molecule has 0 aromatic heterocycles. The average Bonchev–Trinajstić information content (AvgIpc) is 2.86. The quantitative estimate of drug-likeness (QED) is 0.106. The van der Waals surface area contributed by atoms with Crippen LogP contribution >= 0.6 is 7.60 Å². The third-order valence-electron chi connectivity index (χ3n) is 6.78. The number of piperidine rings is 1. The number of carbonyl (C=O) groups excluding carboxylic acids is 1. The maximum Gasteiger partial charge on any atom is 0.325 e. The molecule has 0 spiro atoms. The van der Waals surface area contributed by atoms with Crippen LogP contribution in [0, 0.1) is 16.2 Å². The lowest BCUT2D eigenvalue weighted by molar-refractivity contribution is -0.127. The van der Waals surface area contributed by atoms with Crippen LogP contribution in [0.2, 0.25) is 0 Å². The van der Waals surface area contributed by atoms with Crippen LogP contribution in [0.25, 0.3) is 0 Å². The number of allylic oxidation sites excluding steroid dienone is 2. The fourth-order valence-corrected chi connectivity index (χ4v) is 4.86. The van der Waals surface area contributed by atoms with Gasteiger partial charge >= 0.3 is 7.60 Å². The monoisotopic (exact) mass is 547 g/mol. The molecule has 2 aliphatic rings. The Morgan fingerprint density at radius 1 is 1.29 bits per heavy atom. The molecular weight excluding hydrogens is 509 g/mol. The van der Waals surface area contributed by atoms with Crippen molar-refractivity contribution in [2.75, 3.05) is 32.4 Å². The molecule has 1 atom stereocenters. The molecule has 0 saturated carbocycles. The first-order valence-corrected chi connectivity index (χ1v) is 14.5. The molecule has 1 unspecified atom stereocenters. The first kappa shape index (κ1) is 29.4. The Morgan fingerprint density at radius 2 is 2.00 bits per heavy atom. The van der Waals surface area contributed by atoms with Crippen molar-refractivity contribution in [3.63, 3.8) is 0 Å². The zero-order chi connectivity index (χ0) is 27.9. The minimum Gasteiger partial charge on any atom is -0.491 e. The van der Waals surface area contributed by atoms with E-state index in [9.17, 15) is 19.1 Å². The van der Waals surface area contributed by atoms with E-state index in [1.165, 1.54) is 0 Å². The summed E-state index contributed by atoms with van der Waals surface area (Å²) in [6.45, 7) is 5.63. The summed E-state index contributed by atoms with van der Waals surface area (Å²) < 4.78 is 23.2. The van der Waals surface area contributed by atoms with Crippen molar-refractivity contribution < 1.29 is 28.6 Å². The van der Waals surface area contributed by atoms with E-state index in [0.717, 1.165) is 31.7 Å². The number of hydrogen-bond acceptors (Lipinski definition) is 6. The van der Waals surface area contributed by atoms with Crippen LogP contribution < -0.4 is 15.8 Å². The van der Waals surface area contributed by atoms with Crippen LogP contribution in [-0.2, 0) is 20.5 Å². The lowest BCUT2D eigenvalue weighted by atomic mass is 9.82. The number of amidine groups is 2. The highest BCUT2D eigenvalue weighted by Crippen LogP contribution is 2.36. The van der Waals surface area contributed by atoms with Crippen molar-refractivity contribution in [1.82, 2.24) is 10.2 Å². The summed E-state index contributed by atoms with van der Waals surface area (Å²) in [5.41, 5.74) is 5.86. The van der Waals surface area contributed by atoms with Gasteiger partial charge in [-0.15, -0.1) is 0 Å². The van der Waals surface area contributed by atoms with Crippen molar-refractivity contribution in [2.24, 2.45) is 11.1 Å². The molecule has 12 heteroatoms. The first-order chi connectivity index (χ1) is 17.9. The predicted octanol–water partition coefficient (Wildman–Crippen LogP) is 2.51. The Morgan fingerprint density at radius 3 is 2.58 bits per heavy atom.